The molecule has 6 heteroatoms. The summed E-state index contributed by atoms with van der Waals surface area (Å²) in [6, 6.07) is 0. The lowest BCUT2D eigenvalue weighted by Gasteiger charge is -2.33. The number of carbonyl (C=O) groups excluding carboxylic acids is 3. The molecule has 1 aliphatic heterocycles. The Bertz CT molecular complexity index is 602. The van der Waals surface area contributed by atoms with Crippen molar-refractivity contribution in [3.05, 3.63) is 0 Å². The molecule has 0 N–H and O–H groups in total. The van der Waals surface area contributed by atoms with Crippen LogP contribution in [0, 0.1) is 29.1 Å². The van der Waals surface area contributed by atoms with Crippen LogP contribution in [0.5, 0.6) is 0 Å². The van der Waals surface area contributed by atoms with Gasteiger partial charge < -0.3 is 14.2 Å². The molecule has 140 valence electrons. The molecule has 0 spiro atoms. The van der Waals surface area contributed by atoms with Crippen molar-refractivity contribution in [1.29, 1.82) is 0 Å². The number of carbonyl (C=O) groups is 3. The quantitative estimate of drug-likeness (QED) is 0.571. The topological polar surface area (TPSA) is 78.9 Å². The fourth-order valence-corrected chi connectivity index (χ4v) is 4.27. The highest BCUT2D eigenvalue weighted by Gasteiger charge is 2.70. The van der Waals surface area contributed by atoms with Crippen LogP contribution in [0.2, 0.25) is 0 Å². The van der Waals surface area contributed by atoms with Gasteiger partial charge in [0.05, 0.1) is 17.3 Å². The van der Waals surface area contributed by atoms with Crippen molar-refractivity contribution in [1.82, 2.24) is 0 Å². The summed E-state index contributed by atoms with van der Waals surface area (Å²) in [5, 5.41) is 0. The van der Waals surface area contributed by atoms with Gasteiger partial charge in [0.25, 0.3) is 0 Å². The summed E-state index contributed by atoms with van der Waals surface area (Å²) in [7, 11) is 0. The van der Waals surface area contributed by atoms with Crippen LogP contribution in [0.4, 0.5) is 0 Å². The average Bonchev–Trinajstić information content (AvgIpc) is 3.08. The van der Waals surface area contributed by atoms with E-state index in [-0.39, 0.29) is 23.8 Å². The molecule has 0 aromatic heterocycles. The zero-order valence-corrected chi connectivity index (χ0v) is 15.8. The molecule has 1 heterocycles. The molecule has 6 unspecified atom stereocenters. The second-order valence-corrected chi connectivity index (χ2v) is 9.16. The van der Waals surface area contributed by atoms with Crippen molar-refractivity contribution in [2.24, 2.45) is 29.1 Å². The minimum atomic E-state index is -0.628. The zero-order chi connectivity index (χ0) is 18.7. The first-order valence-electron chi connectivity index (χ1n) is 9.10. The van der Waals surface area contributed by atoms with Crippen LogP contribution in [-0.2, 0) is 28.6 Å². The lowest BCUT2D eigenvalue weighted by atomic mass is 9.78. The molecule has 2 saturated carbocycles. The highest BCUT2D eigenvalue weighted by Crippen LogP contribution is 2.59. The molecule has 3 rings (SSSR count). The monoisotopic (exact) mass is 352 g/mol. The maximum absolute atomic E-state index is 12.7. The maximum atomic E-state index is 12.7. The van der Waals surface area contributed by atoms with Gasteiger partial charge in [-0.1, -0.05) is 6.92 Å². The van der Waals surface area contributed by atoms with E-state index >= 15 is 0 Å². The fourth-order valence-electron chi connectivity index (χ4n) is 4.27. The number of ether oxygens (including phenoxy) is 3. The lowest BCUT2D eigenvalue weighted by Crippen LogP contribution is -2.46. The van der Waals surface area contributed by atoms with E-state index in [4.69, 9.17) is 14.2 Å². The van der Waals surface area contributed by atoms with Crippen molar-refractivity contribution in [2.75, 3.05) is 0 Å². The smallest absolute Gasteiger partial charge is 0.311 e. The van der Waals surface area contributed by atoms with Crippen molar-refractivity contribution < 1.29 is 28.6 Å². The second-order valence-electron chi connectivity index (χ2n) is 9.16. The predicted molar refractivity (Wildman–Crippen MR) is 88.3 cm³/mol. The molecule has 0 aromatic carbocycles. The summed E-state index contributed by atoms with van der Waals surface area (Å²) in [5.41, 5.74) is -1.23. The van der Waals surface area contributed by atoms with Gasteiger partial charge in [-0.3, -0.25) is 14.4 Å². The third-order valence-electron chi connectivity index (χ3n) is 5.90. The molecule has 0 amide bonds. The first kappa shape index (κ1) is 18.2. The number of fused-ring (bicyclic) bond motifs is 1. The molecular weight excluding hydrogens is 324 g/mol. The van der Waals surface area contributed by atoms with E-state index in [1.165, 1.54) is 0 Å². The van der Waals surface area contributed by atoms with Crippen LogP contribution in [0.1, 0.15) is 54.4 Å². The molecule has 25 heavy (non-hydrogen) atoms. The van der Waals surface area contributed by atoms with Crippen molar-refractivity contribution >= 4 is 17.9 Å². The van der Waals surface area contributed by atoms with Crippen LogP contribution < -0.4 is 0 Å². The number of hydrogen-bond donors (Lipinski definition) is 0. The molecule has 2 bridgehead atoms. The Labute approximate surface area is 148 Å². The van der Waals surface area contributed by atoms with Crippen molar-refractivity contribution in [3.8, 4) is 0 Å². The van der Waals surface area contributed by atoms with Gasteiger partial charge in [0, 0.05) is 11.8 Å². The molecule has 6 nitrogen and oxygen atoms in total. The maximum Gasteiger partial charge on any atom is 0.311 e. The van der Waals surface area contributed by atoms with E-state index in [9.17, 15) is 14.4 Å². The molecule has 3 aliphatic rings. The van der Waals surface area contributed by atoms with Gasteiger partial charge in [0.1, 0.15) is 17.8 Å². The van der Waals surface area contributed by atoms with Crippen LogP contribution >= 0.6 is 0 Å². The van der Waals surface area contributed by atoms with Gasteiger partial charge in [-0.05, 0) is 47.5 Å². The summed E-state index contributed by atoms with van der Waals surface area (Å²) in [6.07, 6.45) is 0.339. The van der Waals surface area contributed by atoms with E-state index in [2.05, 4.69) is 0 Å². The SMILES string of the molecule is CCC(C)(C)C(=O)OC1C2CC3C1OC(=O)C3C2C(=O)OC(C)(C)C. The van der Waals surface area contributed by atoms with Crippen LogP contribution in [0.3, 0.4) is 0 Å². The highest BCUT2D eigenvalue weighted by atomic mass is 16.6. The Hall–Kier alpha value is -1.59. The minimum absolute atomic E-state index is 0.0578. The molecule has 0 radical (unpaired) electrons. The van der Waals surface area contributed by atoms with E-state index in [1.807, 2.05) is 20.8 Å². The standard InChI is InChI=1S/C19H28O6/c1-7-19(5,6)17(22)24-14-10-8-9-11(15(20)23-13(9)14)12(10)16(21)25-18(2,3)4/h9-14H,7-8H2,1-6H3. The lowest BCUT2D eigenvalue weighted by molar-refractivity contribution is -0.176. The largest absolute Gasteiger partial charge is 0.460 e. The van der Waals surface area contributed by atoms with E-state index in [1.54, 1.807) is 20.8 Å². The summed E-state index contributed by atoms with van der Waals surface area (Å²) in [6.45, 7) is 11.0. The van der Waals surface area contributed by atoms with Crippen LogP contribution in [0.25, 0.3) is 0 Å². The van der Waals surface area contributed by atoms with Gasteiger partial charge in [-0.25, -0.2) is 0 Å². The predicted octanol–water partition coefficient (Wildman–Crippen LogP) is 2.48. The van der Waals surface area contributed by atoms with Gasteiger partial charge in [-0.15, -0.1) is 0 Å². The molecule has 6 atom stereocenters. The molecule has 1 saturated heterocycles. The second kappa shape index (κ2) is 5.71. The Morgan fingerprint density at radius 1 is 1.16 bits per heavy atom. The number of rotatable bonds is 4. The molecular formula is C19H28O6. The summed E-state index contributed by atoms with van der Waals surface area (Å²) in [5.74, 6) is -2.37. The van der Waals surface area contributed by atoms with Crippen LogP contribution in [0.15, 0.2) is 0 Å². The van der Waals surface area contributed by atoms with Gasteiger partial charge >= 0.3 is 17.9 Å². The Kier molecular flexibility index (Phi) is 4.16. The van der Waals surface area contributed by atoms with Crippen molar-refractivity contribution in [3.63, 3.8) is 0 Å². The Morgan fingerprint density at radius 2 is 1.80 bits per heavy atom. The van der Waals surface area contributed by atoms with Gasteiger partial charge in [0.2, 0.25) is 0 Å². The number of hydrogen-bond acceptors (Lipinski definition) is 6. The summed E-state index contributed by atoms with van der Waals surface area (Å²) < 4.78 is 16.8. The van der Waals surface area contributed by atoms with Gasteiger partial charge in [-0.2, -0.15) is 0 Å². The zero-order valence-electron chi connectivity index (χ0n) is 15.8. The first-order valence-corrected chi connectivity index (χ1v) is 9.10. The molecule has 2 aliphatic carbocycles. The summed E-state index contributed by atoms with van der Waals surface area (Å²) in [4.78, 5) is 37.5. The highest BCUT2D eigenvalue weighted by molar-refractivity contribution is 5.86. The van der Waals surface area contributed by atoms with Crippen molar-refractivity contribution in [2.45, 2.75) is 72.2 Å². The third-order valence-corrected chi connectivity index (χ3v) is 5.90. The van der Waals surface area contributed by atoms with Crippen LogP contribution in [-0.4, -0.2) is 35.7 Å². The summed E-state index contributed by atoms with van der Waals surface area (Å²) >= 11 is 0. The van der Waals surface area contributed by atoms with Gasteiger partial charge in [0.15, 0.2) is 0 Å². The third kappa shape index (κ3) is 2.93. The Morgan fingerprint density at radius 3 is 2.36 bits per heavy atom. The normalized spacial score (nSPS) is 36.3. The van der Waals surface area contributed by atoms with E-state index in [0.717, 1.165) is 0 Å². The van der Waals surface area contributed by atoms with E-state index < -0.39 is 41.0 Å². The number of esters is 3. The fraction of sp³-hybridized carbons (Fsp3) is 0.842. The minimum Gasteiger partial charge on any atom is -0.460 e. The Balaban J connectivity index is 1.83. The van der Waals surface area contributed by atoms with E-state index in [0.29, 0.717) is 12.8 Å². The average molecular weight is 352 g/mol. The first-order chi connectivity index (χ1) is 11.5. The molecule has 3 fully saturated rings. The molecule has 0 aromatic rings.